The second-order valence-electron chi connectivity index (χ2n) is 6.96. The van der Waals surface area contributed by atoms with E-state index in [9.17, 15) is 34.2 Å². The Morgan fingerprint density at radius 2 is 1.39 bits per heavy atom. The van der Waals surface area contributed by atoms with Crippen LogP contribution in [-0.2, 0) is 30.4 Å². The van der Waals surface area contributed by atoms with Crippen LogP contribution in [0.4, 0.5) is 0 Å². The lowest BCUT2D eigenvalue weighted by atomic mass is 10.0. The van der Waals surface area contributed by atoms with E-state index in [0.717, 1.165) is 0 Å². The van der Waals surface area contributed by atoms with Gasteiger partial charge < -0.3 is 42.1 Å². The molecule has 9 N–H and O–H groups in total. The average molecular weight is 487 g/mol. The minimum atomic E-state index is -1.66. The van der Waals surface area contributed by atoms with Crippen molar-refractivity contribution >= 4 is 42.3 Å². The number of benzene rings is 1. The lowest BCUT2D eigenvalue weighted by Gasteiger charge is -2.23. The van der Waals surface area contributed by atoms with E-state index in [0.29, 0.717) is 5.56 Å². The summed E-state index contributed by atoms with van der Waals surface area (Å²) in [5.41, 5.74) is 5.83. The molecule has 13 nitrogen and oxygen atoms in total. The van der Waals surface area contributed by atoms with Crippen molar-refractivity contribution in [2.45, 2.75) is 37.0 Å². The first-order valence-electron chi connectivity index (χ1n) is 9.59. The second-order valence-corrected chi connectivity index (χ2v) is 7.33. The molecule has 14 heteroatoms. The molecule has 0 saturated heterocycles. The maximum absolute atomic E-state index is 12.6. The van der Waals surface area contributed by atoms with Crippen molar-refractivity contribution in [3.63, 3.8) is 0 Å². The van der Waals surface area contributed by atoms with Crippen LogP contribution in [0.5, 0.6) is 5.75 Å². The third-order valence-electron chi connectivity index (χ3n) is 4.35. The molecule has 0 fully saturated rings. The van der Waals surface area contributed by atoms with E-state index in [1.54, 1.807) is 0 Å². The van der Waals surface area contributed by atoms with E-state index in [1.807, 2.05) is 0 Å². The number of carboxylic acid groups (broad SMARTS) is 2. The Morgan fingerprint density at radius 1 is 0.879 bits per heavy atom. The highest BCUT2D eigenvalue weighted by Gasteiger charge is 2.31. The molecule has 1 rings (SSSR count). The molecule has 0 radical (unpaired) electrons. The number of carbonyl (C=O) groups excluding carboxylic acids is 3. The summed E-state index contributed by atoms with van der Waals surface area (Å²) in [5.74, 6) is -6.04. The number of rotatable bonds is 13. The molecule has 182 valence electrons. The molecule has 0 saturated carbocycles. The van der Waals surface area contributed by atoms with Crippen molar-refractivity contribution in [3.8, 4) is 5.75 Å². The Balaban J connectivity index is 2.93. The number of carbonyl (C=O) groups is 5. The normalized spacial score (nSPS) is 14.3. The van der Waals surface area contributed by atoms with Crippen LogP contribution in [0.25, 0.3) is 0 Å². The van der Waals surface area contributed by atoms with Gasteiger partial charge in [0.1, 0.15) is 29.9 Å². The predicted octanol–water partition coefficient (Wildman–Crippen LogP) is -2.80. The van der Waals surface area contributed by atoms with E-state index >= 15 is 0 Å². The fourth-order valence-corrected chi connectivity index (χ4v) is 2.81. The van der Waals surface area contributed by atoms with Crippen LogP contribution in [0.1, 0.15) is 12.0 Å². The Hall–Kier alpha value is -3.36. The quantitative estimate of drug-likeness (QED) is 0.130. The lowest BCUT2D eigenvalue weighted by molar-refractivity contribution is -0.143. The third kappa shape index (κ3) is 9.34. The highest BCUT2D eigenvalue weighted by Crippen LogP contribution is 2.12. The van der Waals surface area contributed by atoms with Gasteiger partial charge >= 0.3 is 11.9 Å². The molecule has 0 spiro atoms. The number of amides is 3. The van der Waals surface area contributed by atoms with E-state index in [-0.39, 0.29) is 17.9 Å². The van der Waals surface area contributed by atoms with Gasteiger partial charge in [-0.25, -0.2) is 4.79 Å². The smallest absolute Gasteiger partial charge is 0.326 e. The molecule has 1 aromatic carbocycles. The van der Waals surface area contributed by atoms with Crippen LogP contribution in [0.3, 0.4) is 0 Å². The number of phenolic OH excluding ortho intramolecular Hbond substituents is 1. The van der Waals surface area contributed by atoms with Gasteiger partial charge in [0.15, 0.2) is 0 Å². The number of nitrogens with two attached hydrogens (primary N) is 1. The lowest BCUT2D eigenvalue weighted by Crippen LogP contribution is -2.58. The van der Waals surface area contributed by atoms with Gasteiger partial charge in [-0.1, -0.05) is 12.1 Å². The van der Waals surface area contributed by atoms with Crippen molar-refractivity contribution in [3.05, 3.63) is 29.8 Å². The van der Waals surface area contributed by atoms with Gasteiger partial charge in [0, 0.05) is 12.2 Å². The number of aromatic hydroxyl groups is 1. The maximum Gasteiger partial charge on any atom is 0.326 e. The van der Waals surface area contributed by atoms with Crippen LogP contribution >= 0.6 is 12.6 Å². The minimum absolute atomic E-state index is 0.0373. The van der Waals surface area contributed by atoms with Gasteiger partial charge in [-0.15, -0.1) is 0 Å². The van der Waals surface area contributed by atoms with Crippen molar-refractivity contribution in [1.29, 1.82) is 0 Å². The predicted molar refractivity (Wildman–Crippen MR) is 116 cm³/mol. The molecule has 0 heterocycles. The summed E-state index contributed by atoms with van der Waals surface area (Å²) in [6, 6.07) is -0.184. The van der Waals surface area contributed by atoms with Gasteiger partial charge in [0.05, 0.1) is 13.0 Å². The molecule has 3 amide bonds. The number of aliphatic hydroxyl groups is 1. The molecule has 1 aromatic rings. The van der Waals surface area contributed by atoms with E-state index in [2.05, 4.69) is 28.6 Å². The monoisotopic (exact) mass is 486 g/mol. The van der Waals surface area contributed by atoms with Crippen LogP contribution in [0.15, 0.2) is 24.3 Å². The zero-order valence-electron chi connectivity index (χ0n) is 17.3. The van der Waals surface area contributed by atoms with Gasteiger partial charge in [0.25, 0.3) is 0 Å². The Morgan fingerprint density at radius 3 is 1.88 bits per heavy atom. The van der Waals surface area contributed by atoms with Crippen LogP contribution < -0.4 is 21.7 Å². The first-order chi connectivity index (χ1) is 15.5. The number of hydrogen-bond acceptors (Lipinski definition) is 9. The molecule has 4 atom stereocenters. The zero-order chi connectivity index (χ0) is 25.1. The third-order valence-corrected chi connectivity index (χ3v) is 4.72. The molecule has 0 bridgehead atoms. The van der Waals surface area contributed by atoms with Gasteiger partial charge in [-0.2, -0.15) is 12.6 Å². The molecule has 0 aliphatic carbocycles. The van der Waals surface area contributed by atoms with Gasteiger partial charge in [-0.3, -0.25) is 19.2 Å². The van der Waals surface area contributed by atoms with E-state index in [1.165, 1.54) is 24.3 Å². The van der Waals surface area contributed by atoms with Crippen molar-refractivity contribution in [2.24, 2.45) is 5.73 Å². The molecule has 33 heavy (non-hydrogen) atoms. The first-order valence-corrected chi connectivity index (χ1v) is 10.2. The maximum atomic E-state index is 12.6. The Labute approximate surface area is 193 Å². The SMILES string of the molecule is NC(CO)C(=O)NC(CS)C(=O)NC(CC(=O)O)C(=O)NC(Cc1ccc(O)cc1)C(=O)O. The summed E-state index contributed by atoms with van der Waals surface area (Å²) in [6.07, 6.45) is -1.05. The van der Waals surface area contributed by atoms with E-state index in [4.69, 9.17) is 15.9 Å². The summed E-state index contributed by atoms with van der Waals surface area (Å²) in [4.78, 5) is 59.6. The van der Waals surface area contributed by atoms with Crippen LogP contribution in [0.2, 0.25) is 0 Å². The van der Waals surface area contributed by atoms with Gasteiger partial charge in [0.2, 0.25) is 17.7 Å². The fourth-order valence-electron chi connectivity index (χ4n) is 2.55. The van der Waals surface area contributed by atoms with Crippen LogP contribution in [-0.4, -0.2) is 86.6 Å². The van der Waals surface area contributed by atoms with Crippen molar-refractivity contribution in [2.75, 3.05) is 12.4 Å². The molecular formula is C19H26N4O9S. The van der Waals surface area contributed by atoms with Crippen LogP contribution in [0, 0.1) is 0 Å². The second kappa shape index (κ2) is 13.2. The number of nitrogens with one attached hydrogen (secondary N) is 3. The number of carboxylic acids is 2. The highest BCUT2D eigenvalue weighted by molar-refractivity contribution is 7.80. The number of aliphatic hydroxyl groups excluding tert-OH is 1. The number of thiol groups is 1. The summed E-state index contributed by atoms with van der Waals surface area (Å²) in [5, 5.41) is 43.3. The number of phenols is 1. The van der Waals surface area contributed by atoms with Crippen molar-refractivity contribution in [1.82, 2.24) is 16.0 Å². The Bertz CT molecular complexity index is 865. The molecule has 0 aliphatic heterocycles. The first kappa shape index (κ1) is 27.7. The topological polar surface area (TPSA) is 228 Å². The highest BCUT2D eigenvalue weighted by atomic mass is 32.1. The Kier molecular flexibility index (Phi) is 11.1. The summed E-state index contributed by atoms with van der Waals surface area (Å²) < 4.78 is 0. The number of aliphatic carboxylic acids is 2. The summed E-state index contributed by atoms with van der Waals surface area (Å²) in [6.45, 7) is -0.686. The fraction of sp³-hybridized carbons (Fsp3) is 0.421. The minimum Gasteiger partial charge on any atom is -0.508 e. The summed E-state index contributed by atoms with van der Waals surface area (Å²) in [7, 11) is 0. The van der Waals surface area contributed by atoms with Crippen molar-refractivity contribution < 1.29 is 44.4 Å². The standard InChI is InChI=1S/C19H26N4O9S/c20-11(7-24)16(28)23-14(8-33)18(30)21-12(6-15(26)27)17(29)22-13(19(31)32)5-9-1-3-10(25)4-2-9/h1-4,11-14,24-25,33H,5-8,20H2,(H,21,30)(H,22,29)(H,23,28)(H,26,27)(H,31,32). The average Bonchev–Trinajstić information content (AvgIpc) is 2.76. The largest absolute Gasteiger partial charge is 0.508 e. The molecular weight excluding hydrogens is 460 g/mol. The zero-order valence-corrected chi connectivity index (χ0v) is 18.2. The molecule has 0 aliphatic rings. The summed E-state index contributed by atoms with van der Waals surface area (Å²) >= 11 is 3.93. The van der Waals surface area contributed by atoms with Gasteiger partial charge in [-0.05, 0) is 17.7 Å². The molecule has 0 aromatic heterocycles. The number of hydrogen-bond donors (Lipinski definition) is 9. The molecule has 4 unspecified atom stereocenters. The van der Waals surface area contributed by atoms with E-state index < -0.39 is 66.9 Å².